The van der Waals surface area contributed by atoms with Gasteiger partial charge in [-0.3, -0.25) is 4.57 Å². The zero-order chi connectivity index (χ0) is 38.9. The van der Waals surface area contributed by atoms with E-state index in [1.807, 2.05) is 0 Å². The zero-order valence-corrected chi connectivity index (χ0v) is 32.1. The van der Waals surface area contributed by atoms with Crippen LogP contribution in [0.15, 0.2) is 218 Å². The van der Waals surface area contributed by atoms with Gasteiger partial charge in [0.05, 0.1) is 33.1 Å². The monoisotopic (exact) mass is 752 g/mol. The standard InChI is InChI=1S/C55H36N4/c1-2-16-37(17-3-1)55-56-49-26-8-13-31-54(49)59(55)43-21-15-19-39(34-43)41-32-40(35-44(36-41)58-52-29-11-6-24-47(52)48-25-7-12-30-53(48)58)38-18-14-20-42(33-38)57-50-27-9-4-22-45(50)46-23-5-10-28-51(46)57/h1-36H. The van der Waals surface area contributed by atoms with Crippen molar-refractivity contribution in [3.63, 3.8) is 0 Å². The van der Waals surface area contributed by atoms with Crippen LogP contribution < -0.4 is 0 Å². The summed E-state index contributed by atoms with van der Waals surface area (Å²) in [7, 11) is 0. The van der Waals surface area contributed by atoms with E-state index in [0.717, 1.165) is 61.7 Å². The minimum atomic E-state index is 0.922. The minimum absolute atomic E-state index is 0.922. The first-order valence-electron chi connectivity index (χ1n) is 20.1. The third-order valence-corrected chi connectivity index (χ3v) is 11.8. The Hall–Kier alpha value is -7.95. The molecule has 0 aliphatic heterocycles. The van der Waals surface area contributed by atoms with Gasteiger partial charge in [0, 0.05) is 44.2 Å². The molecule has 12 aromatic rings. The van der Waals surface area contributed by atoms with Crippen molar-refractivity contribution in [2.75, 3.05) is 0 Å². The molecule has 0 aliphatic rings. The first-order chi connectivity index (χ1) is 29.3. The van der Waals surface area contributed by atoms with E-state index in [0.29, 0.717) is 0 Å². The molecule has 0 radical (unpaired) electrons. The Morgan fingerprint density at radius 3 is 1.17 bits per heavy atom. The second kappa shape index (κ2) is 13.3. The molecule has 0 bridgehead atoms. The largest absolute Gasteiger partial charge is 0.309 e. The fraction of sp³-hybridized carbons (Fsp3) is 0. The molecule has 0 amide bonds. The van der Waals surface area contributed by atoms with Gasteiger partial charge in [-0.25, -0.2) is 4.98 Å². The summed E-state index contributed by atoms with van der Waals surface area (Å²) < 4.78 is 7.12. The van der Waals surface area contributed by atoms with E-state index in [4.69, 9.17) is 4.98 Å². The lowest BCUT2D eigenvalue weighted by Gasteiger charge is -2.16. The third-order valence-electron chi connectivity index (χ3n) is 11.8. The van der Waals surface area contributed by atoms with Gasteiger partial charge < -0.3 is 9.13 Å². The van der Waals surface area contributed by atoms with Gasteiger partial charge in [0.15, 0.2) is 0 Å². The molecule has 0 saturated heterocycles. The van der Waals surface area contributed by atoms with Crippen LogP contribution in [0.2, 0.25) is 0 Å². The fourth-order valence-electron chi connectivity index (χ4n) is 9.19. The van der Waals surface area contributed by atoms with Crippen LogP contribution in [-0.4, -0.2) is 18.7 Å². The number of aromatic nitrogens is 4. The van der Waals surface area contributed by atoms with Crippen molar-refractivity contribution in [1.29, 1.82) is 0 Å². The van der Waals surface area contributed by atoms with E-state index in [2.05, 4.69) is 232 Å². The highest BCUT2D eigenvalue weighted by atomic mass is 15.1. The van der Waals surface area contributed by atoms with E-state index in [9.17, 15) is 0 Å². The molecule has 0 saturated carbocycles. The summed E-state index contributed by atoms with van der Waals surface area (Å²) in [5.74, 6) is 0.922. The van der Waals surface area contributed by atoms with Crippen molar-refractivity contribution in [2.45, 2.75) is 0 Å². The van der Waals surface area contributed by atoms with E-state index >= 15 is 0 Å². The van der Waals surface area contributed by atoms with Gasteiger partial charge in [-0.2, -0.15) is 0 Å². The van der Waals surface area contributed by atoms with E-state index in [-0.39, 0.29) is 0 Å². The molecule has 3 aromatic heterocycles. The number of benzene rings is 9. The predicted molar refractivity (Wildman–Crippen MR) is 246 cm³/mol. The van der Waals surface area contributed by atoms with Crippen molar-refractivity contribution in [1.82, 2.24) is 18.7 Å². The van der Waals surface area contributed by atoms with Crippen molar-refractivity contribution in [3.05, 3.63) is 218 Å². The number of hydrogen-bond donors (Lipinski definition) is 0. The Bertz CT molecular complexity index is 3460. The van der Waals surface area contributed by atoms with E-state index in [1.54, 1.807) is 0 Å². The van der Waals surface area contributed by atoms with Crippen LogP contribution in [0.25, 0.3) is 105 Å². The van der Waals surface area contributed by atoms with Crippen molar-refractivity contribution >= 4 is 54.6 Å². The minimum Gasteiger partial charge on any atom is -0.309 e. The van der Waals surface area contributed by atoms with Crippen molar-refractivity contribution in [3.8, 4) is 50.7 Å². The normalized spacial score (nSPS) is 11.7. The average Bonchev–Trinajstić information content (AvgIpc) is 3.98. The molecule has 59 heavy (non-hydrogen) atoms. The Labute approximate surface area is 341 Å². The van der Waals surface area contributed by atoms with Crippen LogP contribution in [0.5, 0.6) is 0 Å². The number of rotatable bonds is 6. The van der Waals surface area contributed by atoms with Gasteiger partial charge in [-0.1, -0.05) is 140 Å². The Morgan fingerprint density at radius 2 is 0.644 bits per heavy atom. The van der Waals surface area contributed by atoms with Crippen molar-refractivity contribution in [2.24, 2.45) is 0 Å². The quantitative estimate of drug-likeness (QED) is 0.166. The summed E-state index contributed by atoms with van der Waals surface area (Å²) in [6.45, 7) is 0. The molecule has 0 N–H and O–H groups in total. The lowest BCUT2D eigenvalue weighted by Crippen LogP contribution is -1.99. The molecule has 4 heteroatoms. The maximum Gasteiger partial charge on any atom is 0.145 e. The van der Waals surface area contributed by atoms with Crippen LogP contribution in [0.4, 0.5) is 0 Å². The van der Waals surface area contributed by atoms with Crippen LogP contribution in [0.1, 0.15) is 0 Å². The second-order valence-electron chi connectivity index (χ2n) is 15.2. The van der Waals surface area contributed by atoms with Gasteiger partial charge in [0.1, 0.15) is 5.82 Å². The summed E-state index contributed by atoms with van der Waals surface area (Å²) in [6.07, 6.45) is 0. The molecular weight excluding hydrogens is 717 g/mol. The maximum atomic E-state index is 5.15. The molecule has 0 atom stereocenters. The average molecular weight is 753 g/mol. The van der Waals surface area contributed by atoms with Crippen LogP contribution >= 0.6 is 0 Å². The molecule has 9 aromatic carbocycles. The molecule has 4 nitrogen and oxygen atoms in total. The molecule has 0 aliphatic carbocycles. The molecule has 0 spiro atoms. The fourth-order valence-corrected chi connectivity index (χ4v) is 9.19. The SMILES string of the molecule is c1ccc(-c2nc3ccccc3n2-c2cccc(-c3cc(-c4cccc(-n5c6ccccc6c6ccccc65)c4)cc(-n4c5ccccc5c5ccccc54)c3)c2)cc1. The summed E-state index contributed by atoms with van der Waals surface area (Å²) in [5.41, 5.74) is 15.7. The molecule has 276 valence electrons. The Balaban J connectivity index is 1.09. The van der Waals surface area contributed by atoms with Crippen LogP contribution in [-0.2, 0) is 0 Å². The number of hydrogen-bond acceptors (Lipinski definition) is 1. The van der Waals surface area contributed by atoms with Crippen LogP contribution in [0, 0.1) is 0 Å². The Kier molecular flexibility index (Phi) is 7.50. The van der Waals surface area contributed by atoms with E-state index in [1.165, 1.54) is 43.6 Å². The third kappa shape index (κ3) is 5.34. The van der Waals surface area contributed by atoms with Gasteiger partial charge in [0.25, 0.3) is 0 Å². The summed E-state index contributed by atoms with van der Waals surface area (Å²) in [6, 6.07) is 78.8. The van der Waals surface area contributed by atoms with Crippen molar-refractivity contribution < 1.29 is 0 Å². The summed E-state index contributed by atoms with van der Waals surface area (Å²) in [4.78, 5) is 5.15. The second-order valence-corrected chi connectivity index (χ2v) is 15.2. The zero-order valence-electron chi connectivity index (χ0n) is 32.1. The lowest BCUT2D eigenvalue weighted by atomic mass is 9.97. The molecule has 0 fully saturated rings. The predicted octanol–water partition coefficient (Wildman–Crippen LogP) is 14.2. The smallest absolute Gasteiger partial charge is 0.145 e. The lowest BCUT2D eigenvalue weighted by molar-refractivity contribution is 1.10. The topological polar surface area (TPSA) is 27.7 Å². The summed E-state index contributed by atoms with van der Waals surface area (Å²) >= 11 is 0. The van der Waals surface area contributed by atoms with Gasteiger partial charge in [-0.15, -0.1) is 0 Å². The van der Waals surface area contributed by atoms with Gasteiger partial charge >= 0.3 is 0 Å². The summed E-state index contributed by atoms with van der Waals surface area (Å²) in [5, 5.41) is 4.99. The molecule has 12 rings (SSSR count). The first-order valence-corrected chi connectivity index (χ1v) is 20.1. The highest BCUT2D eigenvalue weighted by Gasteiger charge is 2.18. The number of imidazole rings is 1. The highest BCUT2D eigenvalue weighted by molar-refractivity contribution is 6.10. The Morgan fingerprint density at radius 1 is 0.254 bits per heavy atom. The van der Waals surface area contributed by atoms with Crippen LogP contribution in [0.3, 0.4) is 0 Å². The molecule has 3 heterocycles. The number of para-hydroxylation sites is 6. The molecule has 0 unspecified atom stereocenters. The first kappa shape index (κ1) is 33.2. The number of fused-ring (bicyclic) bond motifs is 7. The number of nitrogens with zero attached hydrogens (tertiary/aromatic N) is 4. The maximum absolute atomic E-state index is 5.15. The van der Waals surface area contributed by atoms with Gasteiger partial charge in [-0.05, 0) is 101 Å². The van der Waals surface area contributed by atoms with E-state index < -0.39 is 0 Å². The highest BCUT2D eigenvalue weighted by Crippen LogP contribution is 2.39. The molecular formula is C55H36N4. The van der Waals surface area contributed by atoms with Gasteiger partial charge in [0.2, 0.25) is 0 Å².